The molecular weight excluding hydrogens is 246 g/mol. The molecule has 0 amide bonds. The normalized spacial score (nSPS) is 12.3. The molecule has 0 aliphatic carbocycles. The summed E-state index contributed by atoms with van der Waals surface area (Å²) in [6.07, 6.45) is 2.74. The van der Waals surface area contributed by atoms with Crippen molar-refractivity contribution in [3.8, 4) is 0 Å². The molecule has 1 atom stereocenters. The topological polar surface area (TPSA) is 50.9 Å². The molecule has 0 aliphatic heterocycles. The second-order valence-electron chi connectivity index (χ2n) is 5.29. The summed E-state index contributed by atoms with van der Waals surface area (Å²) < 4.78 is 0. The summed E-state index contributed by atoms with van der Waals surface area (Å²) in [7, 11) is 0. The van der Waals surface area contributed by atoms with E-state index < -0.39 is 0 Å². The van der Waals surface area contributed by atoms with E-state index in [0.717, 1.165) is 24.1 Å². The number of aryl methyl sites for hydroxylation is 2. The lowest BCUT2D eigenvalue weighted by Gasteiger charge is -2.20. The van der Waals surface area contributed by atoms with Crippen molar-refractivity contribution >= 4 is 5.82 Å². The molecule has 0 fully saturated rings. The van der Waals surface area contributed by atoms with Crippen molar-refractivity contribution in [2.75, 3.05) is 12.3 Å². The third-order valence-electron chi connectivity index (χ3n) is 3.43. The third kappa shape index (κ3) is 3.58. The molecule has 0 saturated heterocycles. The maximum Gasteiger partial charge on any atom is 0.128 e. The van der Waals surface area contributed by atoms with Crippen molar-refractivity contribution in [1.82, 2.24) is 10.3 Å². The van der Waals surface area contributed by atoms with E-state index in [1.165, 1.54) is 11.1 Å². The Hall–Kier alpha value is -1.87. The van der Waals surface area contributed by atoms with Crippen LogP contribution in [0.5, 0.6) is 0 Å². The van der Waals surface area contributed by atoms with E-state index in [-0.39, 0.29) is 6.04 Å². The molecule has 3 heteroatoms. The lowest BCUT2D eigenvalue weighted by atomic mass is 9.97. The summed E-state index contributed by atoms with van der Waals surface area (Å²) in [5, 5.41) is 3.51. The summed E-state index contributed by atoms with van der Waals surface area (Å²) in [4.78, 5) is 4.28. The van der Waals surface area contributed by atoms with Gasteiger partial charge in [-0.1, -0.05) is 36.8 Å². The summed E-state index contributed by atoms with van der Waals surface area (Å²) in [5.41, 5.74) is 10.9. The molecule has 1 unspecified atom stereocenters. The second kappa shape index (κ2) is 6.53. The smallest absolute Gasteiger partial charge is 0.128 e. The van der Waals surface area contributed by atoms with Crippen LogP contribution in [-0.2, 0) is 6.42 Å². The standard InChI is InChI=1S/C17H23N3/c1-4-19-16(10-14-7-5-6-12(2)8-14)15-9-13(3)11-20-17(15)18/h5-9,11,16,19H,4,10H2,1-3H3,(H2,18,20). The number of rotatable bonds is 5. The molecule has 1 aromatic carbocycles. The first-order valence-electron chi connectivity index (χ1n) is 7.11. The quantitative estimate of drug-likeness (QED) is 0.876. The first-order chi connectivity index (χ1) is 9.60. The van der Waals surface area contributed by atoms with Crippen molar-refractivity contribution < 1.29 is 0 Å². The zero-order valence-electron chi connectivity index (χ0n) is 12.5. The van der Waals surface area contributed by atoms with Gasteiger partial charge in [0.2, 0.25) is 0 Å². The lowest BCUT2D eigenvalue weighted by Crippen LogP contribution is -2.24. The molecule has 0 bridgehead atoms. The van der Waals surface area contributed by atoms with Gasteiger partial charge in [-0.05, 0) is 44.0 Å². The van der Waals surface area contributed by atoms with E-state index in [4.69, 9.17) is 5.73 Å². The van der Waals surface area contributed by atoms with Crippen LogP contribution < -0.4 is 11.1 Å². The largest absolute Gasteiger partial charge is 0.383 e. The average Bonchev–Trinajstić information content (AvgIpc) is 2.41. The number of nitrogens with one attached hydrogen (secondary N) is 1. The van der Waals surface area contributed by atoms with E-state index in [9.17, 15) is 0 Å². The molecule has 106 valence electrons. The van der Waals surface area contributed by atoms with Crippen LogP contribution in [0.1, 0.15) is 35.2 Å². The van der Waals surface area contributed by atoms with Crippen molar-refractivity contribution in [1.29, 1.82) is 0 Å². The number of hydrogen-bond acceptors (Lipinski definition) is 3. The summed E-state index contributed by atoms with van der Waals surface area (Å²) in [5.74, 6) is 0.620. The van der Waals surface area contributed by atoms with E-state index in [1.54, 1.807) is 0 Å². The van der Waals surface area contributed by atoms with Crippen molar-refractivity contribution in [2.24, 2.45) is 0 Å². The molecular formula is C17H23N3. The molecule has 20 heavy (non-hydrogen) atoms. The Kier molecular flexibility index (Phi) is 4.74. The van der Waals surface area contributed by atoms with Crippen LogP contribution >= 0.6 is 0 Å². The minimum absolute atomic E-state index is 0.203. The van der Waals surface area contributed by atoms with Crippen LogP contribution in [0.25, 0.3) is 0 Å². The SMILES string of the molecule is CCNC(Cc1cccc(C)c1)c1cc(C)cnc1N. The average molecular weight is 269 g/mol. The number of likely N-dealkylation sites (N-methyl/N-ethyl adjacent to an activating group) is 1. The number of aromatic nitrogens is 1. The van der Waals surface area contributed by atoms with Crippen LogP contribution in [0, 0.1) is 13.8 Å². The second-order valence-corrected chi connectivity index (χ2v) is 5.29. The van der Waals surface area contributed by atoms with Crippen LogP contribution in [0.2, 0.25) is 0 Å². The highest BCUT2D eigenvalue weighted by Crippen LogP contribution is 2.23. The Bertz CT molecular complexity index is 578. The van der Waals surface area contributed by atoms with Gasteiger partial charge in [0, 0.05) is 17.8 Å². The fraction of sp³-hybridized carbons (Fsp3) is 0.353. The van der Waals surface area contributed by atoms with Crippen LogP contribution in [0.3, 0.4) is 0 Å². The van der Waals surface area contributed by atoms with Gasteiger partial charge in [0.05, 0.1) is 0 Å². The lowest BCUT2D eigenvalue weighted by molar-refractivity contribution is 0.549. The van der Waals surface area contributed by atoms with Gasteiger partial charge < -0.3 is 11.1 Å². The van der Waals surface area contributed by atoms with Gasteiger partial charge in [-0.15, -0.1) is 0 Å². The molecule has 1 heterocycles. The highest BCUT2D eigenvalue weighted by atomic mass is 14.9. The van der Waals surface area contributed by atoms with Gasteiger partial charge in [0.1, 0.15) is 5.82 Å². The van der Waals surface area contributed by atoms with Gasteiger partial charge in [0.15, 0.2) is 0 Å². The maximum absolute atomic E-state index is 6.05. The van der Waals surface area contributed by atoms with Gasteiger partial charge in [-0.3, -0.25) is 0 Å². The van der Waals surface area contributed by atoms with Crippen LogP contribution in [0.15, 0.2) is 36.5 Å². The number of pyridine rings is 1. The third-order valence-corrected chi connectivity index (χ3v) is 3.43. The van der Waals surface area contributed by atoms with Crippen molar-refractivity contribution in [3.05, 3.63) is 58.8 Å². The highest BCUT2D eigenvalue weighted by molar-refractivity contribution is 5.43. The molecule has 2 rings (SSSR count). The minimum atomic E-state index is 0.203. The van der Waals surface area contributed by atoms with E-state index >= 15 is 0 Å². The monoisotopic (exact) mass is 269 g/mol. The fourth-order valence-corrected chi connectivity index (χ4v) is 2.49. The number of hydrogen-bond donors (Lipinski definition) is 2. The first-order valence-corrected chi connectivity index (χ1v) is 7.11. The first kappa shape index (κ1) is 14.5. The maximum atomic E-state index is 6.05. The zero-order valence-corrected chi connectivity index (χ0v) is 12.5. The molecule has 3 nitrogen and oxygen atoms in total. The number of nitrogens with two attached hydrogens (primary N) is 1. The molecule has 0 aliphatic rings. The van der Waals surface area contributed by atoms with Gasteiger partial charge in [-0.25, -0.2) is 4.98 Å². The minimum Gasteiger partial charge on any atom is -0.383 e. The number of anilines is 1. The van der Waals surface area contributed by atoms with Gasteiger partial charge >= 0.3 is 0 Å². The van der Waals surface area contributed by atoms with Crippen LogP contribution in [0.4, 0.5) is 5.82 Å². The van der Waals surface area contributed by atoms with E-state index in [1.807, 2.05) is 13.1 Å². The van der Waals surface area contributed by atoms with Crippen molar-refractivity contribution in [3.63, 3.8) is 0 Å². The molecule has 3 N–H and O–H groups in total. The molecule has 0 saturated carbocycles. The van der Waals surface area contributed by atoms with Gasteiger partial charge in [0.25, 0.3) is 0 Å². The van der Waals surface area contributed by atoms with Gasteiger partial charge in [-0.2, -0.15) is 0 Å². The molecule has 0 radical (unpaired) electrons. The number of nitrogens with zero attached hydrogens (tertiary/aromatic N) is 1. The van der Waals surface area contributed by atoms with Crippen molar-refractivity contribution in [2.45, 2.75) is 33.2 Å². The Labute approximate surface area is 121 Å². The molecule has 1 aromatic heterocycles. The summed E-state index contributed by atoms with van der Waals surface area (Å²) in [6.45, 7) is 7.19. The molecule has 2 aromatic rings. The fourth-order valence-electron chi connectivity index (χ4n) is 2.49. The van der Waals surface area contributed by atoms with Crippen LogP contribution in [-0.4, -0.2) is 11.5 Å². The number of nitrogen functional groups attached to an aromatic ring is 1. The van der Waals surface area contributed by atoms with E-state index in [2.05, 4.69) is 54.5 Å². The summed E-state index contributed by atoms with van der Waals surface area (Å²) >= 11 is 0. The Morgan fingerprint density at radius 3 is 2.70 bits per heavy atom. The zero-order chi connectivity index (χ0) is 14.5. The Morgan fingerprint density at radius 1 is 1.20 bits per heavy atom. The number of benzene rings is 1. The molecule has 0 spiro atoms. The van der Waals surface area contributed by atoms with E-state index in [0.29, 0.717) is 5.82 Å². The Balaban J connectivity index is 2.29. The predicted octanol–water partition coefficient (Wildman–Crippen LogP) is 3.17. The Morgan fingerprint density at radius 2 is 2.00 bits per heavy atom. The predicted molar refractivity (Wildman–Crippen MR) is 84.7 cm³/mol. The summed E-state index contributed by atoms with van der Waals surface area (Å²) in [6, 6.07) is 10.9. The highest BCUT2D eigenvalue weighted by Gasteiger charge is 2.15.